The van der Waals surface area contributed by atoms with Gasteiger partial charge in [0.05, 0.1) is 5.57 Å². The average molecular weight is 282 g/mol. The van der Waals surface area contributed by atoms with Gasteiger partial charge >= 0.3 is 6.18 Å². The largest absolute Gasteiger partial charge is 0.419 e. The molecule has 0 unspecified atom stereocenters. The molecule has 102 valence electrons. The standard InChI is InChI=1S/C12H15ClF3NO/c13-11-10(12(14,15)16)2-1-5-17(11)8-9-3-6-18-7-4-9/h1-2,9H,3-8H2. The summed E-state index contributed by atoms with van der Waals surface area (Å²) >= 11 is 5.86. The van der Waals surface area contributed by atoms with E-state index in [1.165, 1.54) is 6.08 Å². The molecule has 0 radical (unpaired) electrons. The fourth-order valence-electron chi connectivity index (χ4n) is 2.22. The first-order valence-electron chi connectivity index (χ1n) is 5.94. The molecule has 1 saturated heterocycles. The zero-order valence-corrected chi connectivity index (χ0v) is 10.6. The second-order valence-corrected chi connectivity index (χ2v) is 4.92. The van der Waals surface area contributed by atoms with Crippen molar-refractivity contribution in [2.45, 2.75) is 19.0 Å². The van der Waals surface area contributed by atoms with Crippen molar-refractivity contribution in [2.75, 3.05) is 26.3 Å². The molecule has 1 fully saturated rings. The smallest absolute Gasteiger partial charge is 0.381 e. The number of ether oxygens (including phenoxy) is 1. The van der Waals surface area contributed by atoms with E-state index in [-0.39, 0.29) is 5.16 Å². The second kappa shape index (κ2) is 5.53. The molecule has 0 aliphatic carbocycles. The second-order valence-electron chi connectivity index (χ2n) is 4.57. The normalized spacial score (nSPS) is 22.8. The molecule has 2 nitrogen and oxygen atoms in total. The van der Waals surface area contributed by atoms with Crippen LogP contribution >= 0.6 is 11.6 Å². The summed E-state index contributed by atoms with van der Waals surface area (Å²) in [6.45, 7) is 2.37. The van der Waals surface area contributed by atoms with Gasteiger partial charge in [0, 0.05) is 26.3 Å². The van der Waals surface area contributed by atoms with E-state index in [2.05, 4.69) is 0 Å². The van der Waals surface area contributed by atoms with Crippen LogP contribution in [0.3, 0.4) is 0 Å². The summed E-state index contributed by atoms with van der Waals surface area (Å²) in [4.78, 5) is 1.60. The molecule has 2 aliphatic heterocycles. The number of hydrogen-bond donors (Lipinski definition) is 0. The number of alkyl halides is 3. The number of allylic oxidation sites excluding steroid dienone is 2. The Morgan fingerprint density at radius 2 is 2.00 bits per heavy atom. The van der Waals surface area contributed by atoms with Crippen LogP contribution < -0.4 is 0 Å². The van der Waals surface area contributed by atoms with Crippen LogP contribution in [0.1, 0.15) is 12.8 Å². The summed E-state index contributed by atoms with van der Waals surface area (Å²) in [5.41, 5.74) is -0.748. The predicted molar refractivity (Wildman–Crippen MR) is 63.2 cm³/mol. The van der Waals surface area contributed by atoms with E-state index < -0.39 is 11.7 Å². The Kier molecular flexibility index (Phi) is 4.22. The van der Waals surface area contributed by atoms with Crippen molar-refractivity contribution in [1.29, 1.82) is 0 Å². The first-order valence-corrected chi connectivity index (χ1v) is 6.32. The minimum atomic E-state index is -4.39. The minimum absolute atomic E-state index is 0.184. The first kappa shape index (κ1) is 13.7. The van der Waals surface area contributed by atoms with Crippen LogP contribution in [0.25, 0.3) is 0 Å². The zero-order valence-electron chi connectivity index (χ0n) is 9.84. The van der Waals surface area contributed by atoms with Gasteiger partial charge in [-0.05, 0) is 24.8 Å². The van der Waals surface area contributed by atoms with E-state index in [1.807, 2.05) is 0 Å². The van der Waals surface area contributed by atoms with Gasteiger partial charge in [0.25, 0.3) is 0 Å². The van der Waals surface area contributed by atoms with Gasteiger partial charge in [0.1, 0.15) is 5.16 Å². The highest BCUT2D eigenvalue weighted by Gasteiger charge is 2.37. The molecule has 0 aromatic rings. The van der Waals surface area contributed by atoms with Crippen LogP contribution in [0, 0.1) is 5.92 Å². The van der Waals surface area contributed by atoms with E-state index in [0.717, 1.165) is 18.9 Å². The lowest BCUT2D eigenvalue weighted by atomic mass is 9.99. The number of hydrogen-bond acceptors (Lipinski definition) is 2. The van der Waals surface area contributed by atoms with Crippen molar-refractivity contribution in [3.63, 3.8) is 0 Å². The molecule has 0 N–H and O–H groups in total. The average Bonchev–Trinajstić information content (AvgIpc) is 2.32. The van der Waals surface area contributed by atoms with Crippen molar-refractivity contribution in [1.82, 2.24) is 4.90 Å². The minimum Gasteiger partial charge on any atom is -0.381 e. The van der Waals surface area contributed by atoms with E-state index >= 15 is 0 Å². The topological polar surface area (TPSA) is 12.5 Å². The van der Waals surface area contributed by atoms with E-state index in [4.69, 9.17) is 16.3 Å². The van der Waals surface area contributed by atoms with Gasteiger partial charge in [-0.1, -0.05) is 17.7 Å². The Morgan fingerprint density at radius 3 is 2.61 bits per heavy atom. The maximum atomic E-state index is 12.7. The molecule has 0 aromatic heterocycles. The highest BCUT2D eigenvalue weighted by Crippen LogP contribution is 2.35. The van der Waals surface area contributed by atoms with Gasteiger partial charge in [-0.2, -0.15) is 13.2 Å². The van der Waals surface area contributed by atoms with E-state index in [0.29, 0.717) is 32.2 Å². The Labute approximate surface area is 109 Å². The maximum absolute atomic E-state index is 12.7. The van der Waals surface area contributed by atoms with Crippen molar-refractivity contribution in [3.8, 4) is 0 Å². The predicted octanol–water partition coefficient (Wildman–Crippen LogP) is 3.30. The number of rotatable bonds is 2. The summed E-state index contributed by atoms with van der Waals surface area (Å²) in [5, 5.41) is -0.184. The summed E-state index contributed by atoms with van der Waals surface area (Å²) in [6, 6.07) is 0. The Bertz CT molecular complexity index is 359. The van der Waals surface area contributed by atoms with Gasteiger partial charge in [-0.3, -0.25) is 0 Å². The molecule has 18 heavy (non-hydrogen) atoms. The van der Waals surface area contributed by atoms with Gasteiger partial charge in [0.15, 0.2) is 0 Å². The third-order valence-corrected chi connectivity index (χ3v) is 3.68. The van der Waals surface area contributed by atoms with Crippen molar-refractivity contribution >= 4 is 11.6 Å². The monoisotopic (exact) mass is 281 g/mol. The van der Waals surface area contributed by atoms with E-state index in [1.54, 1.807) is 4.90 Å². The lowest BCUT2D eigenvalue weighted by Gasteiger charge is -2.32. The summed E-state index contributed by atoms with van der Waals surface area (Å²) in [7, 11) is 0. The molecule has 6 heteroatoms. The summed E-state index contributed by atoms with van der Waals surface area (Å²) in [5.74, 6) is 0.355. The van der Waals surface area contributed by atoms with Crippen molar-refractivity contribution < 1.29 is 17.9 Å². The zero-order chi connectivity index (χ0) is 13.2. The van der Waals surface area contributed by atoms with Gasteiger partial charge in [0.2, 0.25) is 0 Å². The van der Waals surface area contributed by atoms with Crippen molar-refractivity contribution in [3.05, 3.63) is 22.9 Å². The third kappa shape index (κ3) is 3.20. The van der Waals surface area contributed by atoms with Gasteiger partial charge < -0.3 is 9.64 Å². The molecular formula is C12H15ClF3NO. The number of nitrogens with zero attached hydrogens (tertiary/aromatic N) is 1. The lowest BCUT2D eigenvalue weighted by molar-refractivity contribution is -0.0901. The maximum Gasteiger partial charge on any atom is 0.419 e. The van der Waals surface area contributed by atoms with Crippen LogP contribution in [0.5, 0.6) is 0 Å². The SMILES string of the molecule is FC(F)(F)C1=C(Cl)N(CC2CCOCC2)CC=C1. The number of halogens is 4. The van der Waals surface area contributed by atoms with Crippen LogP contribution in [-0.2, 0) is 4.74 Å². The molecule has 0 atom stereocenters. The summed E-state index contributed by atoms with van der Waals surface area (Å²) in [6.07, 6.45) is -0.0593. The fraction of sp³-hybridized carbons (Fsp3) is 0.667. The quantitative estimate of drug-likeness (QED) is 0.720. The molecule has 0 aromatic carbocycles. The van der Waals surface area contributed by atoms with Crippen LogP contribution in [-0.4, -0.2) is 37.4 Å². The van der Waals surface area contributed by atoms with Crippen LogP contribution in [0.4, 0.5) is 13.2 Å². The molecule has 0 amide bonds. The fourth-order valence-corrected chi connectivity index (χ4v) is 2.53. The lowest BCUT2D eigenvalue weighted by Crippen LogP contribution is -2.34. The highest BCUT2D eigenvalue weighted by atomic mass is 35.5. The molecule has 2 aliphatic rings. The Morgan fingerprint density at radius 1 is 1.33 bits per heavy atom. The molecule has 2 rings (SSSR count). The molecular weight excluding hydrogens is 267 g/mol. The Hall–Kier alpha value is -0.680. The van der Waals surface area contributed by atoms with Crippen molar-refractivity contribution in [2.24, 2.45) is 5.92 Å². The van der Waals surface area contributed by atoms with Crippen LogP contribution in [0.2, 0.25) is 0 Å². The molecule has 0 spiro atoms. The molecule has 0 bridgehead atoms. The third-order valence-electron chi connectivity index (χ3n) is 3.24. The van der Waals surface area contributed by atoms with E-state index in [9.17, 15) is 13.2 Å². The molecule has 2 heterocycles. The highest BCUT2D eigenvalue weighted by molar-refractivity contribution is 6.29. The van der Waals surface area contributed by atoms with Gasteiger partial charge in [-0.25, -0.2) is 0 Å². The van der Waals surface area contributed by atoms with Crippen LogP contribution in [0.15, 0.2) is 22.9 Å². The Balaban J connectivity index is 2.05. The summed E-state index contributed by atoms with van der Waals surface area (Å²) < 4.78 is 43.3. The molecule has 0 saturated carbocycles. The first-order chi connectivity index (χ1) is 8.48. The van der Waals surface area contributed by atoms with Gasteiger partial charge in [-0.15, -0.1) is 0 Å².